The zero-order chi connectivity index (χ0) is 13.8. The van der Waals surface area contributed by atoms with Crippen LogP contribution in [0.25, 0.3) is 11.0 Å². The molecule has 102 valence electrons. The fraction of sp³-hybridized carbons (Fsp3) is 0.467. The maximum absolute atomic E-state index is 6.07. The smallest absolute Gasteiger partial charge is 0.172 e. The number of nitrogen functional groups attached to an aromatic ring is 1. The first-order chi connectivity index (χ1) is 9.15. The Morgan fingerprint density at radius 2 is 1.79 bits per heavy atom. The van der Waals surface area contributed by atoms with Crippen LogP contribution in [-0.4, -0.2) is 23.1 Å². The molecule has 0 radical (unpaired) electrons. The third-order valence-corrected chi connectivity index (χ3v) is 3.49. The topological polar surface area (TPSA) is 55.0 Å². The summed E-state index contributed by atoms with van der Waals surface area (Å²) < 4.78 is 0. The highest BCUT2D eigenvalue weighted by molar-refractivity contribution is 5.79. The average molecular weight is 258 g/mol. The van der Waals surface area contributed by atoms with Gasteiger partial charge in [0.1, 0.15) is 0 Å². The van der Waals surface area contributed by atoms with Gasteiger partial charge < -0.3 is 10.6 Å². The van der Waals surface area contributed by atoms with E-state index < -0.39 is 0 Å². The van der Waals surface area contributed by atoms with Gasteiger partial charge in [-0.1, -0.05) is 32.4 Å². The van der Waals surface area contributed by atoms with Crippen LogP contribution in [0.4, 0.5) is 11.6 Å². The molecule has 4 heteroatoms. The summed E-state index contributed by atoms with van der Waals surface area (Å²) in [6.07, 6.45) is 1.15. The van der Waals surface area contributed by atoms with Gasteiger partial charge in [-0.15, -0.1) is 0 Å². The number of aromatic nitrogens is 2. The fourth-order valence-corrected chi connectivity index (χ4v) is 2.11. The zero-order valence-electron chi connectivity index (χ0n) is 11.9. The lowest BCUT2D eigenvalue weighted by Gasteiger charge is -2.26. The summed E-state index contributed by atoms with van der Waals surface area (Å²) in [5, 5.41) is 0. The Morgan fingerprint density at radius 3 is 2.37 bits per heavy atom. The second-order valence-corrected chi connectivity index (χ2v) is 4.97. The first kappa shape index (κ1) is 13.6. The van der Waals surface area contributed by atoms with Crippen molar-refractivity contribution in [2.75, 3.05) is 23.7 Å². The monoisotopic (exact) mass is 258 g/mol. The summed E-state index contributed by atoms with van der Waals surface area (Å²) in [5.41, 5.74) is 7.81. The van der Waals surface area contributed by atoms with E-state index in [1.165, 1.54) is 0 Å². The van der Waals surface area contributed by atoms with E-state index >= 15 is 0 Å². The van der Waals surface area contributed by atoms with Crippen molar-refractivity contribution in [2.45, 2.75) is 27.2 Å². The van der Waals surface area contributed by atoms with E-state index in [0.717, 1.165) is 36.4 Å². The number of hydrogen-bond acceptors (Lipinski definition) is 4. The summed E-state index contributed by atoms with van der Waals surface area (Å²) in [6.45, 7) is 8.42. The van der Waals surface area contributed by atoms with Crippen molar-refractivity contribution in [1.29, 1.82) is 0 Å². The maximum atomic E-state index is 6.07. The van der Waals surface area contributed by atoms with E-state index in [4.69, 9.17) is 5.73 Å². The van der Waals surface area contributed by atoms with Crippen LogP contribution in [0.2, 0.25) is 0 Å². The first-order valence-electron chi connectivity index (χ1n) is 6.92. The van der Waals surface area contributed by atoms with Crippen LogP contribution in [0.5, 0.6) is 0 Å². The lowest BCUT2D eigenvalue weighted by atomic mass is 10.1. The molecule has 4 nitrogen and oxygen atoms in total. The zero-order valence-corrected chi connectivity index (χ0v) is 11.9. The fourth-order valence-electron chi connectivity index (χ4n) is 2.11. The number of rotatable bonds is 5. The van der Waals surface area contributed by atoms with Crippen LogP contribution in [-0.2, 0) is 0 Å². The largest absolute Gasteiger partial charge is 0.381 e. The minimum absolute atomic E-state index is 0.517. The van der Waals surface area contributed by atoms with Gasteiger partial charge in [0, 0.05) is 13.1 Å². The molecule has 2 N–H and O–H groups in total. The Kier molecular flexibility index (Phi) is 4.20. The Labute approximate surface area is 114 Å². The quantitative estimate of drug-likeness (QED) is 0.895. The van der Waals surface area contributed by atoms with Gasteiger partial charge in [-0.3, -0.25) is 0 Å². The summed E-state index contributed by atoms with van der Waals surface area (Å²) in [7, 11) is 0. The average Bonchev–Trinajstić information content (AvgIpc) is 2.44. The molecule has 0 bridgehead atoms. The summed E-state index contributed by atoms with van der Waals surface area (Å²) >= 11 is 0. The summed E-state index contributed by atoms with van der Waals surface area (Å²) in [5.74, 6) is 1.94. The van der Waals surface area contributed by atoms with E-state index in [9.17, 15) is 0 Å². The molecule has 1 aromatic heterocycles. The lowest BCUT2D eigenvalue weighted by molar-refractivity contribution is 0.546. The molecule has 0 fully saturated rings. The molecule has 0 aliphatic carbocycles. The Morgan fingerprint density at radius 1 is 1.16 bits per heavy atom. The normalized spacial score (nSPS) is 12.6. The minimum atomic E-state index is 0.517. The molecule has 0 aliphatic rings. The van der Waals surface area contributed by atoms with Crippen LogP contribution < -0.4 is 10.6 Å². The van der Waals surface area contributed by atoms with Crippen molar-refractivity contribution in [2.24, 2.45) is 5.92 Å². The number of fused-ring (bicyclic) bond motifs is 1. The molecule has 0 aliphatic heterocycles. The molecule has 19 heavy (non-hydrogen) atoms. The first-order valence-corrected chi connectivity index (χ1v) is 6.92. The number of benzene rings is 1. The number of nitrogens with zero attached hydrogens (tertiary/aromatic N) is 3. The van der Waals surface area contributed by atoms with Crippen molar-refractivity contribution in [3.63, 3.8) is 0 Å². The molecule has 0 saturated carbocycles. The number of anilines is 2. The van der Waals surface area contributed by atoms with Gasteiger partial charge in [0.05, 0.1) is 11.0 Å². The van der Waals surface area contributed by atoms with Crippen LogP contribution in [0.15, 0.2) is 24.3 Å². The van der Waals surface area contributed by atoms with E-state index in [1.807, 2.05) is 24.3 Å². The van der Waals surface area contributed by atoms with Crippen molar-refractivity contribution in [1.82, 2.24) is 9.97 Å². The predicted octanol–water partition coefficient (Wildman–Crippen LogP) is 3.08. The van der Waals surface area contributed by atoms with E-state index in [2.05, 4.69) is 35.6 Å². The van der Waals surface area contributed by atoms with Crippen molar-refractivity contribution < 1.29 is 0 Å². The highest BCUT2D eigenvalue weighted by Crippen LogP contribution is 2.23. The van der Waals surface area contributed by atoms with Crippen molar-refractivity contribution in [3.8, 4) is 0 Å². The molecule has 1 atom stereocenters. The highest BCUT2D eigenvalue weighted by atomic mass is 15.2. The summed E-state index contributed by atoms with van der Waals surface area (Å²) in [6, 6.07) is 7.84. The molecular weight excluding hydrogens is 236 g/mol. The number of hydrogen-bond donors (Lipinski definition) is 1. The minimum Gasteiger partial charge on any atom is -0.381 e. The molecule has 2 rings (SSSR count). The van der Waals surface area contributed by atoms with Crippen LogP contribution in [0.3, 0.4) is 0 Å². The number of nitrogens with two attached hydrogens (primary N) is 1. The van der Waals surface area contributed by atoms with Gasteiger partial charge >= 0.3 is 0 Å². The molecule has 1 aromatic carbocycles. The molecule has 0 spiro atoms. The SMILES string of the molecule is CCC(C)CN(CC)c1nc2ccccc2nc1N. The molecule has 2 aromatic rings. The van der Waals surface area contributed by atoms with E-state index in [-0.39, 0.29) is 0 Å². The maximum Gasteiger partial charge on any atom is 0.172 e. The highest BCUT2D eigenvalue weighted by Gasteiger charge is 2.14. The van der Waals surface area contributed by atoms with Gasteiger partial charge in [0.2, 0.25) is 0 Å². The summed E-state index contributed by atoms with van der Waals surface area (Å²) in [4.78, 5) is 11.3. The van der Waals surface area contributed by atoms with E-state index in [0.29, 0.717) is 11.7 Å². The number of para-hydroxylation sites is 2. The van der Waals surface area contributed by atoms with Gasteiger partial charge in [0.15, 0.2) is 11.6 Å². The van der Waals surface area contributed by atoms with Crippen molar-refractivity contribution in [3.05, 3.63) is 24.3 Å². The predicted molar refractivity (Wildman–Crippen MR) is 81.3 cm³/mol. The van der Waals surface area contributed by atoms with Gasteiger partial charge in [-0.05, 0) is 25.0 Å². The van der Waals surface area contributed by atoms with Crippen LogP contribution >= 0.6 is 0 Å². The molecule has 0 saturated heterocycles. The molecule has 0 amide bonds. The van der Waals surface area contributed by atoms with Gasteiger partial charge in [-0.2, -0.15) is 0 Å². The molecule has 1 unspecified atom stereocenters. The van der Waals surface area contributed by atoms with Crippen LogP contribution in [0, 0.1) is 5.92 Å². The standard InChI is InChI=1S/C15H22N4/c1-4-11(3)10-19(5-2)15-14(16)17-12-8-6-7-9-13(12)18-15/h6-9,11H,4-5,10H2,1-3H3,(H2,16,17). The Hall–Kier alpha value is -1.84. The molecular formula is C15H22N4. The van der Waals surface area contributed by atoms with E-state index in [1.54, 1.807) is 0 Å². The second-order valence-electron chi connectivity index (χ2n) is 4.97. The third-order valence-electron chi connectivity index (χ3n) is 3.49. The van der Waals surface area contributed by atoms with Gasteiger partial charge in [0.25, 0.3) is 0 Å². The third kappa shape index (κ3) is 2.95. The van der Waals surface area contributed by atoms with Crippen molar-refractivity contribution >= 4 is 22.7 Å². The Bertz CT molecular complexity index is 553. The van der Waals surface area contributed by atoms with Crippen LogP contribution in [0.1, 0.15) is 27.2 Å². The molecule has 1 heterocycles. The second kappa shape index (κ2) is 5.87. The lowest BCUT2D eigenvalue weighted by Crippen LogP contribution is -2.30. The Balaban J connectivity index is 2.39. The van der Waals surface area contributed by atoms with Gasteiger partial charge in [-0.25, -0.2) is 9.97 Å².